The van der Waals surface area contributed by atoms with E-state index in [1.807, 2.05) is 20.8 Å². The second-order valence-electron chi connectivity index (χ2n) is 6.16. The van der Waals surface area contributed by atoms with Crippen molar-refractivity contribution in [1.29, 1.82) is 0 Å². The van der Waals surface area contributed by atoms with E-state index in [1.54, 1.807) is 16.9 Å². The lowest BCUT2D eigenvalue weighted by molar-refractivity contribution is -0.00561. The molecule has 0 saturated heterocycles. The summed E-state index contributed by atoms with van der Waals surface area (Å²) in [5.74, 6) is -3.01. The molecule has 0 bridgehead atoms. The molecule has 1 fully saturated rings. The van der Waals surface area contributed by atoms with Crippen molar-refractivity contribution in [3.63, 3.8) is 0 Å². The van der Waals surface area contributed by atoms with Crippen LogP contribution in [0.5, 0.6) is 0 Å². The highest BCUT2D eigenvalue weighted by Crippen LogP contribution is 2.44. The number of alkyl halides is 2. The van der Waals surface area contributed by atoms with Crippen LogP contribution in [0.1, 0.15) is 51.8 Å². The van der Waals surface area contributed by atoms with E-state index < -0.39 is 12.0 Å². The molecule has 2 unspecified atom stereocenters. The summed E-state index contributed by atoms with van der Waals surface area (Å²) in [5, 5.41) is 14.4. The molecule has 0 aliphatic heterocycles. The van der Waals surface area contributed by atoms with E-state index >= 15 is 0 Å². The Balaban J connectivity index is 2.10. The first-order valence-corrected chi connectivity index (χ1v) is 6.31. The third-order valence-electron chi connectivity index (χ3n) is 3.49. The molecule has 1 N–H and O–H groups in total. The van der Waals surface area contributed by atoms with Crippen LogP contribution in [-0.4, -0.2) is 20.8 Å². The maximum absolute atomic E-state index is 13.1. The van der Waals surface area contributed by atoms with Gasteiger partial charge in [0.15, 0.2) is 0 Å². The molecule has 102 valence electrons. The number of rotatable bonds is 2. The molecule has 3 nitrogen and oxygen atoms in total. The normalized spacial score (nSPS) is 25.3. The number of aromatic nitrogens is 2. The first-order valence-electron chi connectivity index (χ1n) is 6.31. The fourth-order valence-corrected chi connectivity index (χ4v) is 2.36. The van der Waals surface area contributed by atoms with E-state index in [-0.39, 0.29) is 24.3 Å². The van der Waals surface area contributed by atoms with E-state index in [2.05, 4.69) is 5.10 Å². The van der Waals surface area contributed by atoms with E-state index in [9.17, 15) is 13.9 Å². The lowest BCUT2D eigenvalue weighted by Crippen LogP contribution is -2.23. The summed E-state index contributed by atoms with van der Waals surface area (Å²) in [5.41, 5.74) is 0.324. The molecular formula is C13H20F2N2O. The summed E-state index contributed by atoms with van der Waals surface area (Å²) < 4.78 is 28.0. The van der Waals surface area contributed by atoms with Crippen LogP contribution in [-0.2, 0) is 5.54 Å². The molecule has 0 aromatic carbocycles. The SMILES string of the molecule is CC(C)(C)n1ccc(C(O)C2CCC(F)(F)C2)n1. The van der Waals surface area contributed by atoms with Crippen molar-refractivity contribution < 1.29 is 13.9 Å². The minimum absolute atomic E-state index is 0.130. The van der Waals surface area contributed by atoms with E-state index in [4.69, 9.17) is 0 Å². The zero-order chi connectivity index (χ0) is 13.6. The summed E-state index contributed by atoms with van der Waals surface area (Å²) in [6, 6.07) is 1.71. The van der Waals surface area contributed by atoms with Crippen molar-refractivity contribution in [3.05, 3.63) is 18.0 Å². The first-order chi connectivity index (χ1) is 8.19. The van der Waals surface area contributed by atoms with Gasteiger partial charge in [0.2, 0.25) is 5.92 Å². The third-order valence-corrected chi connectivity index (χ3v) is 3.49. The fourth-order valence-electron chi connectivity index (χ4n) is 2.36. The minimum atomic E-state index is -2.63. The summed E-state index contributed by atoms with van der Waals surface area (Å²) >= 11 is 0. The molecule has 1 aliphatic rings. The van der Waals surface area contributed by atoms with Crippen LogP contribution in [0.3, 0.4) is 0 Å². The Morgan fingerprint density at radius 3 is 2.61 bits per heavy atom. The van der Waals surface area contributed by atoms with Crippen molar-refractivity contribution in [2.24, 2.45) is 5.92 Å². The molecule has 1 heterocycles. The van der Waals surface area contributed by atoms with Crippen LogP contribution >= 0.6 is 0 Å². The Labute approximate surface area is 106 Å². The van der Waals surface area contributed by atoms with Crippen molar-refractivity contribution in [1.82, 2.24) is 9.78 Å². The molecule has 1 aliphatic carbocycles. The molecule has 2 atom stereocenters. The largest absolute Gasteiger partial charge is 0.386 e. The Hall–Kier alpha value is -0.970. The van der Waals surface area contributed by atoms with Gasteiger partial charge in [-0.1, -0.05) is 0 Å². The van der Waals surface area contributed by atoms with Gasteiger partial charge in [0.1, 0.15) is 6.10 Å². The summed E-state index contributed by atoms with van der Waals surface area (Å²) in [4.78, 5) is 0. The topological polar surface area (TPSA) is 38.0 Å². The predicted octanol–water partition coefficient (Wildman–Crippen LogP) is 3.11. The zero-order valence-corrected chi connectivity index (χ0v) is 11.0. The zero-order valence-electron chi connectivity index (χ0n) is 11.0. The van der Waals surface area contributed by atoms with Crippen LogP contribution in [0, 0.1) is 5.92 Å². The van der Waals surface area contributed by atoms with E-state index in [0.29, 0.717) is 12.1 Å². The van der Waals surface area contributed by atoms with Gasteiger partial charge in [0, 0.05) is 19.0 Å². The second kappa shape index (κ2) is 4.30. The van der Waals surface area contributed by atoms with Gasteiger partial charge in [-0.05, 0) is 39.2 Å². The van der Waals surface area contributed by atoms with Gasteiger partial charge >= 0.3 is 0 Å². The number of aliphatic hydroxyl groups excluding tert-OH is 1. The summed E-state index contributed by atoms with van der Waals surface area (Å²) in [6.45, 7) is 6.00. The van der Waals surface area contributed by atoms with Crippen molar-refractivity contribution in [2.45, 2.75) is 57.6 Å². The van der Waals surface area contributed by atoms with Gasteiger partial charge < -0.3 is 5.11 Å². The number of halogens is 2. The van der Waals surface area contributed by atoms with Crippen molar-refractivity contribution >= 4 is 0 Å². The first kappa shape index (κ1) is 13.5. The van der Waals surface area contributed by atoms with Crippen molar-refractivity contribution in [3.8, 4) is 0 Å². The maximum Gasteiger partial charge on any atom is 0.248 e. The average molecular weight is 258 g/mol. The molecule has 18 heavy (non-hydrogen) atoms. The smallest absolute Gasteiger partial charge is 0.248 e. The predicted molar refractivity (Wildman–Crippen MR) is 64.5 cm³/mol. The number of hydrogen-bond donors (Lipinski definition) is 1. The standard InChI is InChI=1S/C13H20F2N2O/c1-12(2,3)17-7-5-10(16-17)11(18)9-4-6-13(14,15)8-9/h5,7,9,11,18H,4,6,8H2,1-3H3. The van der Waals surface area contributed by atoms with Gasteiger partial charge in [-0.25, -0.2) is 8.78 Å². The Kier molecular flexibility index (Phi) is 3.21. The molecule has 0 radical (unpaired) electrons. The molecule has 5 heteroatoms. The molecule has 0 amide bonds. The lowest BCUT2D eigenvalue weighted by Gasteiger charge is -2.20. The van der Waals surface area contributed by atoms with Gasteiger partial charge in [-0.15, -0.1) is 0 Å². The second-order valence-corrected chi connectivity index (χ2v) is 6.16. The summed E-state index contributed by atoms with van der Waals surface area (Å²) in [6.07, 6.45) is 0.884. The number of nitrogens with zero attached hydrogens (tertiary/aromatic N) is 2. The van der Waals surface area contributed by atoms with E-state index in [0.717, 1.165) is 0 Å². The van der Waals surface area contributed by atoms with Crippen molar-refractivity contribution in [2.75, 3.05) is 0 Å². The van der Waals surface area contributed by atoms with E-state index in [1.165, 1.54) is 0 Å². The highest BCUT2D eigenvalue weighted by atomic mass is 19.3. The summed E-state index contributed by atoms with van der Waals surface area (Å²) in [7, 11) is 0. The van der Waals surface area contributed by atoms with Gasteiger partial charge in [0.05, 0.1) is 11.2 Å². The van der Waals surface area contributed by atoms with Gasteiger partial charge in [-0.3, -0.25) is 4.68 Å². The van der Waals surface area contributed by atoms with Crippen LogP contribution in [0.4, 0.5) is 8.78 Å². The molecule has 0 spiro atoms. The van der Waals surface area contributed by atoms with Crippen LogP contribution in [0.25, 0.3) is 0 Å². The Morgan fingerprint density at radius 1 is 1.50 bits per heavy atom. The Morgan fingerprint density at radius 2 is 2.17 bits per heavy atom. The quantitative estimate of drug-likeness (QED) is 0.885. The average Bonchev–Trinajstić information content (AvgIpc) is 2.82. The lowest BCUT2D eigenvalue weighted by atomic mass is 9.98. The molecule has 1 saturated carbocycles. The minimum Gasteiger partial charge on any atom is -0.386 e. The van der Waals surface area contributed by atoms with Gasteiger partial charge in [-0.2, -0.15) is 5.10 Å². The maximum atomic E-state index is 13.1. The molecule has 2 rings (SSSR count). The Bertz CT molecular complexity index is 423. The van der Waals surface area contributed by atoms with Crippen LogP contribution < -0.4 is 0 Å². The van der Waals surface area contributed by atoms with Crippen LogP contribution in [0.2, 0.25) is 0 Å². The molecular weight excluding hydrogens is 238 g/mol. The number of aliphatic hydroxyl groups is 1. The van der Waals surface area contributed by atoms with Crippen LogP contribution in [0.15, 0.2) is 12.3 Å². The molecule has 1 aromatic heterocycles. The monoisotopic (exact) mass is 258 g/mol. The highest BCUT2D eigenvalue weighted by Gasteiger charge is 2.43. The number of hydrogen-bond acceptors (Lipinski definition) is 2. The van der Waals surface area contributed by atoms with Gasteiger partial charge in [0.25, 0.3) is 0 Å². The fraction of sp³-hybridized carbons (Fsp3) is 0.769. The third kappa shape index (κ3) is 2.71. The highest BCUT2D eigenvalue weighted by molar-refractivity contribution is 5.07. The molecule has 1 aromatic rings.